The molecule has 3 aliphatic rings. The Labute approximate surface area is 112 Å². The summed E-state index contributed by atoms with van der Waals surface area (Å²) in [4.78, 5) is 2.88. The van der Waals surface area contributed by atoms with Crippen LogP contribution < -0.4 is 5.73 Å². The molecule has 0 aliphatic heterocycles. The minimum atomic E-state index is 0.378. The van der Waals surface area contributed by atoms with E-state index in [-0.39, 0.29) is 0 Å². The molecule has 18 heavy (non-hydrogen) atoms. The van der Waals surface area contributed by atoms with Crippen LogP contribution in [0.15, 0.2) is 0 Å². The Morgan fingerprint density at radius 3 is 2.44 bits per heavy atom. The van der Waals surface area contributed by atoms with Gasteiger partial charge in [0.25, 0.3) is 0 Å². The zero-order valence-electron chi connectivity index (χ0n) is 12.0. The highest BCUT2D eigenvalue weighted by Gasteiger charge is 2.47. The third-order valence-electron chi connectivity index (χ3n) is 5.63. The van der Waals surface area contributed by atoms with Crippen LogP contribution in [0.5, 0.6) is 0 Å². The number of nitrogens with two attached hydrogens (primary N) is 1. The van der Waals surface area contributed by atoms with Gasteiger partial charge in [-0.25, -0.2) is 0 Å². The van der Waals surface area contributed by atoms with Gasteiger partial charge in [0.1, 0.15) is 0 Å². The predicted octanol–water partition coefficient (Wildman–Crippen LogP) is 3.16. The molecule has 3 rings (SSSR count). The summed E-state index contributed by atoms with van der Waals surface area (Å²) in [6.07, 6.45) is 12.8. The molecule has 0 saturated heterocycles. The Bertz CT molecular complexity index is 283. The summed E-state index contributed by atoms with van der Waals surface area (Å²) in [5, 5.41) is 0. The summed E-state index contributed by atoms with van der Waals surface area (Å²) in [6.45, 7) is 4.62. The molecule has 0 radical (unpaired) electrons. The first-order valence-corrected chi connectivity index (χ1v) is 8.24. The van der Waals surface area contributed by atoms with E-state index in [4.69, 9.17) is 5.73 Å². The maximum Gasteiger partial charge on any atom is 0.0337 e. The summed E-state index contributed by atoms with van der Waals surface area (Å²) in [7, 11) is 0. The second-order valence-electron chi connectivity index (χ2n) is 7.13. The van der Waals surface area contributed by atoms with Gasteiger partial charge < -0.3 is 5.73 Å². The van der Waals surface area contributed by atoms with Crippen LogP contribution in [0.2, 0.25) is 0 Å². The molecule has 2 N–H and O–H groups in total. The van der Waals surface area contributed by atoms with Crippen molar-refractivity contribution < 1.29 is 0 Å². The first kappa shape index (κ1) is 12.9. The van der Waals surface area contributed by atoms with Crippen molar-refractivity contribution in [3.8, 4) is 0 Å². The lowest BCUT2D eigenvalue weighted by molar-refractivity contribution is 0.0240. The normalized spacial score (nSPS) is 37.2. The van der Waals surface area contributed by atoms with Crippen LogP contribution in [0.4, 0.5) is 0 Å². The highest BCUT2D eigenvalue weighted by Crippen LogP contribution is 2.45. The molecular weight excluding hydrogens is 220 g/mol. The van der Waals surface area contributed by atoms with Gasteiger partial charge in [-0.05, 0) is 50.4 Å². The van der Waals surface area contributed by atoms with E-state index in [2.05, 4.69) is 11.8 Å². The molecule has 0 bridgehead atoms. The highest BCUT2D eigenvalue weighted by atomic mass is 15.3. The lowest BCUT2D eigenvalue weighted by Gasteiger charge is -2.49. The van der Waals surface area contributed by atoms with Crippen molar-refractivity contribution in [2.24, 2.45) is 17.6 Å². The van der Waals surface area contributed by atoms with Gasteiger partial charge in [0, 0.05) is 24.7 Å². The lowest BCUT2D eigenvalue weighted by atomic mass is 9.73. The van der Waals surface area contributed by atoms with Crippen molar-refractivity contribution in [2.75, 3.05) is 13.1 Å². The molecular formula is C16H30N2. The average molecular weight is 250 g/mol. The molecule has 3 fully saturated rings. The first-order chi connectivity index (χ1) is 8.77. The molecule has 2 nitrogen and oxygen atoms in total. The highest BCUT2D eigenvalue weighted by molar-refractivity contribution is 5.03. The molecule has 0 aromatic carbocycles. The smallest absolute Gasteiger partial charge is 0.0337 e. The minimum Gasteiger partial charge on any atom is -0.329 e. The van der Waals surface area contributed by atoms with E-state index in [9.17, 15) is 0 Å². The van der Waals surface area contributed by atoms with E-state index >= 15 is 0 Å². The summed E-state index contributed by atoms with van der Waals surface area (Å²) >= 11 is 0. The quantitative estimate of drug-likeness (QED) is 0.784. The zero-order chi connectivity index (χ0) is 12.6. The van der Waals surface area contributed by atoms with Crippen molar-refractivity contribution in [1.82, 2.24) is 4.90 Å². The van der Waals surface area contributed by atoms with Crippen molar-refractivity contribution in [3.05, 3.63) is 0 Å². The molecule has 0 aromatic rings. The van der Waals surface area contributed by atoms with Gasteiger partial charge in [0.15, 0.2) is 0 Å². The van der Waals surface area contributed by atoms with E-state index in [1.807, 2.05) is 0 Å². The molecule has 2 unspecified atom stereocenters. The van der Waals surface area contributed by atoms with Gasteiger partial charge in [-0.15, -0.1) is 0 Å². The maximum atomic E-state index is 6.28. The second kappa shape index (κ2) is 5.13. The Balaban J connectivity index is 1.73. The van der Waals surface area contributed by atoms with Crippen LogP contribution in [0.1, 0.15) is 64.7 Å². The summed E-state index contributed by atoms with van der Waals surface area (Å²) in [5.41, 5.74) is 6.65. The number of hydrogen-bond acceptors (Lipinski definition) is 2. The van der Waals surface area contributed by atoms with Gasteiger partial charge in [0.2, 0.25) is 0 Å². The molecule has 3 saturated carbocycles. The Hall–Kier alpha value is -0.0800. The number of hydrogen-bond donors (Lipinski definition) is 1. The summed E-state index contributed by atoms with van der Waals surface area (Å²) in [6, 6.07) is 0.893. The van der Waals surface area contributed by atoms with Gasteiger partial charge in [0.05, 0.1) is 0 Å². The van der Waals surface area contributed by atoms with Crippen LogP contribution in [0.25, 0.3) is 0 Å². The Morgan fingerprint density at radius 2 is 1.89 bits per heavy atom. The van der Waals surface area contributed by atoms with Crippen molar-refractivity contribution in [3.63, 3.8) is 0 Å². The Morgan fingerprint density at radius 1 is 1.11 bits per heavy atom. The molecule has 3 aliphatic carbocycles. The predicted molar refractivity (Wildman–Crippen MR) is 76.5 cm³/mol. The first-order valence-electron chi connectivity index (χ1n) is 8.24. The summed E-state index contributed by atoms with van der Waals surface area (Å²) < 4.78 is 0. The molecule has 0 heterocycles. The third kappa shape index (κ3) is 2.60. The molecule has 104 valence electrons. The standard InChI is InChI=1S/C16H30N2/c1-2-13-4-3-9-16(10-13,12-17)18(15-7-8-15)11-14-5-6-14/h13-15H,2-12,17H2,1H3. The fourth-order valence-electron chi connectivity index (χ4n) is 4.07. The number of rotatable bonds is 6. The third-order valence-corrected chi connectivity index (χ3v) is 5.63. The maximum absolute atomic E-state index is 6.28. The van der Waals surface area contributed by atoms with Gasteiger partial charge in [-0.2, -0.15) is 0 Å². The fraction of sp³-hybridized carbons (Fsp3) is 1.00. The van der Waals surface area contributed by atoms with Crippen LogP contribution in [0, 0.1) is 11.8 Å². The van der Waals surface area contributed by atoms with Gasteiger partial charge >= 0.3 is 0 Å². The molecule has 2 atom stereocenters. The largest absolute Gasteiger partial charge is 0.329 e. The van der Waals surface area contributed by atoms with E-state index in [0.29, 0.717) is 5.54 Å². The number of nitrogens with zero attached hydrogens (tertiary/aromatic N) is 1. The van der Waals surface area contributed by atoms with Gasteiger partial charge in [-0.1, -0.05) is 26.2 Å². The molecule has 0 aromatic heterocycles. The van der Waals surface area contributed by atoms with E-state index in [0.717, 1.165) is 24.4 Å². The molecule has 0 amide bonds. The lowest BCUT2D eigenvalue weighted by Crippen LogP contribution is -2.57. The van der Waals surface area contributed by atoms with Crippen LogP contribution >= 0.6 is 0 Å². The van der Waals surface area contributed by atoms with E-state index in [1.54, 1.807) is 0 Å². The topological polar surface area (TPSA) is 29.3 Å². The SMILES string of the molecule is CCC1CCCC(CN)(N(CC2CC2)C2CC2)C1. The Kier molecular flexibility index (Phi) is 3.68. The molecule has 2 heteroatoms. The van der Waals surface area contributed by atoms with Crippen LogP contribution in [-0.4, -0.2) is 29.6 Å². The monoisotopic (exact) mass is 250 g/mol. The van der Waals surface area contributed by atoms with E-state index < -0.39 is 0 Å². The minimum absolute atomic E-state index is 0.378. The van der Waals surface area contributed by atoms with Crippen LogP contribution in [-0.2, 0) is 0 Å². The zero-order valence-corrected chi connectivity index (χ0v) is 12.0. The van der Waals surface area contributed by atoms with Gasteiger partial charge in [-0.3, -0.25) is 4.90 Å². The fourth-order valence-corrected chi connectivity index (χ4v) is 4.07. The van der Waals surface area contributed by atoms with E-state index in [1.165, 1.54) is 64.3 Å². The van der Waals surface area contributed by atoms with Crippen molar-refractivity contribution in [2.45, 2.75) is 76.3 Å². The van der Waals surface area contributed by atoms with Crippen molar-refractivity contribution in [1.29, 1.82) is 0 Å². The average Bonchev–Trinajstić information content (AvgIpc) is 3.28. The summed E-state index contributed by atoms with van der Waals surface area (Å²) in [5.74, 6) is 1.94. The van der Waals surface area contributed by atoms with Crippen LogP contribution in [0.3, 0.4) is 0 Å². The van der Waals surface area contributed by atoms with Crippen molar-refractivity contribution >= 4 is 0 Å². The second-order valence-corrected chi connectivity index (χ2v) is 7.13. The molecule has 0 spiro atoms.